The fraction of sp³-hybridized carbons (Fsp3) is 0.286. The molecule has 2 aromatic heterocycles. The molecule has 0 radical (unpaired) electrons. The zero-order chi connectivity index (χ0) is 18.5. The average molecular weight is 372 g/mol. The van der Waals surface area contributed by atoms with Gasteiger partial charge in [0.25, 0.3) is 0 Å². The number of nitrogens with one attached hydrogen (secondary N) is 1. The van der Waals surface area contributed by atoms with Crippen LogP contribution in [0, 0.1) is 0 Å². The molecule has 2 aliphatic heterocycles. The number of morpholine rings is 1. The van der Waals surface area contributed by atoms with Crippen LogP contribution in [0.1, 0.15) is 12.0 Å². The zero-order valence-corrected chi connectivity index (χ0v) is 15.3. The lowest BCUT2D eigenvalue weighted by Gasteiger charge is -2.26. The molecule has 2 aliphatic rings. The zero-order valence-electron chi connectivity index (χ0n) is 15.3. The summed E-state index contributed by atoms with van der Waals surface area (Å²) in [6.07, 6.45) is 3.55. The van der Waals surface area contributed by atoms with Crippen LogP contribution in [0.3, 0.4) is 0 Å². The standard InChI is InChI=1S/C21H20N6O/c1-2-4-19-18(3-1)21(24-22-19)20-12-27(25-23-20)15-7-5-14(6-8-15)10-26-11-17-9-16(26)13-28-17/h1-8,12,16-17H,9-11,13H2,(H,22,24). The largest absolute Gasteiger partial charge is 0.375 e. The number of rotatable bonds is 4. The minimum atomic E-state index is 0.441. The topological polar surface area (TPSA) is 71.9 Å². The number of fused-ring (bicyclic) bond motifs is 3. The first-order valence-electron chi connectivity index (χ1n) is 9.64. The van der Waals surface area contributed by atoms with E-state index in [1.54, 1.807) is 4.68 Å². The minimum absolute atomic E-state index is 0.441. The van der Waals surface area contributed by atoms with Crippen molar-refractivity contribution in [1.82, 2.24) is 30.1 Å². The molecular weight excluding hydrogens is 352 g/mol. The van der Waals surface area contributed by atoms with Gasteiger partial charge in [0.2, 0.25) is 0 Å². The molecule has 1 N–H and O–H groups in total. The second-order valence-corrected chi connectivity index (χ2v) is 7.61. The first kappa shape index (κ1) is 16.0. The number of H-pyrrole nitrogens is 1. The van der Waals surface area contributed by atoms with Crippen LogP contribution in [0.25, 0.3) is 28.0 Å². The summed E-state index contributed by atoms with van der Waals surface area (Å²) in [7, 11) is 0. The molecule has 2 bridgehead atoms. The van der Waals surface area contributed by atoms with Crippen molar-refractivity contribution in [1.29, 1.82) is 0 Å². The molecule has 2 unspecified atom stereocenters. The van der Waals surface area contributed by atoms with Gasteiger partial charge < -0.3 is 4.74 Å². The highest BCUT2D eigenvalue weighted by molar-refractivity contribution is 5.91. The number of benzene rings is 2. The van der Waals surface area contributed by atoms with E-state index in [1.807, 2.05) is 30.5 Å². The van der Waals surface area contributed by atoms with Crippen LogP contribution in [-0.4, -0.2) is 55.4 Å². The Morgan fingerprint density at radius 2 is 2.00 bits per heavy atom. The van der Waals surface area contributed by atoms with E-state index in [1.165, 1.54) is 12.0 Å². The van der Waals surface area contributed by atoms with Gasteiger partial charge in [-0.2, -0.15) is 5.10 Å². The van der Waals surface area contributed by atoms with Crippen LogP contribution >= 0.6 is 0 Å². The van der Waals surface area contributed by atoms with E-state index in [2.05, 4.69) is 49.7 Å². The van der Waals surface area contributed by atoms with E-state index in [-0.39, 0.29) is 0 Å². The lowest BCUT2D eigenvalue weighted by Crippen LogP contribution is -2.36. The van der Waals surface area contributed by atoms with Crippen LogP contribution in [0.5, 0.6) is 0 Å². The third kappa shape index (κ3) is 2.63. The molecule has 2 fully saturated rings. The molecule has 2 aromatic carbocycles. The first-order chi connectivity index (χ1) is 13.8. The number of aromatic nitrogens is 5. The van der Waals surface area contributed by atoms with Crippen molar-refractivity contribution in [2.45, 2.75) is 25.1 Å². The minimum Gasteiger partial charge on any atom is -0.375 e. The highest BCUT2D eigenvalue weighted by Gasteiger charge is 2.38. The highest BCUT2D eigenvalue weighted by Crippen LogP contribution is 2.29. The van der Waals surface area contributed by atoms with Crippen molar-refractivity contribution in [2.24, 2.45) is 0 Å². The van der Waals surface area contributed by atoms with Gasteiger partial charge in [-0.15, -0.1) is 5.10 Å². The Hall–Kier alpha value is -3.03. The summed E-state index contributed by atoms with van der Waals surface area (Å²) < 4.78 is 7.49. The van der Waals surface area contributed by atoms with E-state index in [0.29, 0.717) is 12.1 Å². The van der Waals surface area contributed by atoms with Crippen LogP contribution in [0.2, 0.25) is 0 Å². The molecule has 4 aromatic rings. The summed E-state index contributed by atoms with van der Waals surface area (Å²) in [5, 5.41) is 17.1. The molecule has 7 nitrogen and oxygen atoms in total. The molecule has 4 heterocycles. The number of nitrogens with zero attached hydrogens (tertiary/aromatic N) is 5. The molecule has 7 heteroatoms. The maximum absolute atomic E-state index is 5.69. The normalized spacial score (nSPS) is 21.7. The maximum Gasteiger partial charge on any atom is 0.134 e. The molecule has 0 spiro atoms. The van der Waals surface area contributed by atoms with Gasteiger partial charge >= 0.3 is 0 Å². The Morgan fingerprint density at radius 1 is 1.11 bits per heavy atom. The molecule has 0 saturated carbocycles. The van der Waals surface area contributed by atoms with E-state index < -0.39 is 0 Å². The molecule has 2 saturated heterocycles. The monoisotopic (exact) mass is 372 g/mol. The van der Waals surface area contributed by atoms with Gasteiger partial charge in [0.15, 0.2) is 0 Å². The van der Waals surface area contributed by atoms with Crippen LogP contribution in [-0.2, 0) is 11.3 Å². The summed E-state index contributed by atoms with van der Waals surface area (Å²) in [6, 6.07) is 17.2. The summed E-state index contributed by atoms with van der Waals surface area (Å²) >= 11 is 0. The highest BCUT2D eigenvalue weighted by atomic mass is 16.5. The third-order valence-corrected chi connectivity index (χ3v) is 5.81. The Kier molecular flexibility index (Phi) is 3.57. The molecule has 6 rings (SSSR count). The lowest BCUT2D eigenvalue weighted by molar-refractivity contribution is 0.0273. The van der Waals surface area contributed by atoms with Crippen LogP contribution in [0.15, 0.2) is 54.7 Å². The third-order valence-electron chi connectivity index (χ3n) is 5.81. The molecule has 0 amide bonds. The SMILES string of the molecule is c1ccc2c(-c3cn(-c4ccc(CN5CC6CC5CO6)cc4)nn3)n[nH]c2c1. The molecule has 0 aliphatic carbocycles. The molecule has 2 atom stereocenters. The average Bonchev–Trinajstić information content (AvgIpc) is 3.51. The second kappa shape index (κ2) is 6.25. The van der Waals surface area contributed by atoms with E-state index in [9.17, 15) is 0 Å². The number of hydrogen-bond donors (Lipinski definition) is 1. The van der Waals surface area contributed by atoms with Crippen molar-refractivity contribution < 1.29 is 4.74 Å². The van der Waals surface area contributed by atoms with Crippen LogP contribution in [0.4, 0.5) is 0 Å². The van der Waals surface area contributed by atoms with Gasteiger partial charge in [-0.25, -0.2) is 4.68 Å². The van der Waals surface area contributed by atoms with Crippen LogP contribution < -0.4 is 0 Å². The number of likely N-dealkylation sites (tertiary alicyclic amines) is 1. The summed E-state index contributed by atoms with van der Waals surface area (Å²) in [5.74, 6) is 0. The maximum atomic E-state index is 5.69. The first-order valence-corrected chi connectivity index (χ1v) is 9.64. The van der Waals surface area contributed by atoms with Gasteiger partial charge in [0.05, 0.1) is 30.1 Å². The van der Waals surface area contributed by atoms with E-state index in [4.69, 9.17) is 4.74 Å². The fourth-order valence-electron chi connectivity index (χ4n) is 4.32. The Morgan fingerprint density at radius 3 is 2.82 bits per heavy atom. The Labute approximate surface area is 161 Å². The smallest absolute Gasteiger partial charge is 0.134 e. The number of hydrogen-bond acceptors (Lipinski definition) is 5. The molecular formula is C21H20N6O. The van der Waals surface area contributed by atoms with Crippen molar-refractivity contribution in [3.05, 3.63) is 60.3 Å². The second-order valence-electron chi connectivity index (χ2n) is 7.61. The fourth-order valence-corrected chi connectivity index (χ4v) is 4.32. The quantitative estimate of drug-likeness (QED) is 0.596. The summed E-state index contributed by atoms with van der Waals surface area (Å²) in [5.41, 5.74) is 4.89. The predicted octanol–water partition coefficient (Wildman–Crippen LogP) is 2.78. The van der Waals surface area contributed by atoms with Gasteiger partial charge in [0, 0.05) is 24.5 Å². The van der Waals surface area contributed by atoms with Crippen molar-refractivity contribution in [3.8, 4) is 17.1 Å². The van der Waals surface area contributed by atoms with Crippen molar-refractivity contribution in [2.75, 3.05) is 13.2 Å². The summed E-state index contributed by atoms with van der Waals surface area (Å²) in [4.78, 5) is 2.53. The Balaban J connectivity index is 1.23. The van der Waals surface area contributed by atoms with E-state index in [0.717, 1.165) is 47.7 Å². The number of para-hydroxylation sites is 1. The number of aromatic amines is 1. The van der Waals surface area contributed by atoms with E-state index >= 15 is 0 Å². The predicted molar refractivity (Wildman–Crippen MR) is 105 cm³/mol. The Bertz CT molecular complexity index is 1130. The van der Waals surface area contributed by atoms with Crippen molar-refractivity contribution >= 4 is 10.9 Å². The molecule has 140 valence electrons. The molecule has 28 heavy (non-hydrogen) atoms. The lowest BCUT2D eigenvalue weighted by atomic mass is 10.1. The van der Waals surface area contributed by atoms with Gasteiger partial charge in [-0.3, -0.25) is 10.00 Å². The van der Waals surface area contributed by atoms with Gasteiger partial charge in [-0.1, -0.05) is 35.5 Å². The number of ether oxygens (including phenoxy) is 1. The van der Waals surface area contributed by atoms with Gasteiger partial charge in [-0.05, 0) is 30.2 Å². The van der Waals surface area contributed by atoms with Crippen molar-refractivity contribution in [3.63, 3.8) is 0 Å². The summed E-state index contributed by atoms with van der Waals surface area (Å²) in [6.45, 7) is 2.91. The van der Waals surface area contributed by atoms with Gasteiger partial charge in [0.1, 0.15) is 11.4 Å².